The van der Waals surface area contributed by atoms with Gasteiger partial charge in [0, 0.05) is 26.3 Å². The second kappa shape index (κ2) is 8.47. The number of carboxylic acid groups (broad SMARTS) is 1. The highest BCUT2D eigenvalue weighted by atomic mass is 32.2. The lowest BCUT2D eigenvalue weighted by atomic mass is 9.86. The Hall–Kier alpha value is -3.47. The van der Waals surface area contributed by atoms with Crippen LogP contribution in [0, 0.1) is 18.8 Å². The number of piperidine rings is 1. The zero-order valence-electron chi connectivity index (χ0n) is 18.5. The second-order valence-corrected chi connectivity index (χ2v) is 10.2. The van der Waals surface area contributed by atoms with Crippen LogP contribution in [0.4, 0.5) is 10.6 Å². The van der Waals surface area contributed by atoms with Crippen molar-refractivity contribution in [2.45, 2.75) is 25.2 Å². The van der Waals surface area contributed by atoms with E-state index in [-0.39, 0.29) is 34.7 Å². The van der Waals surface area contributed by atoms with E-state index in [1.807, 2.05) is 13.8 Å². The van der Waals surface area contributed by atoms with Crippen molar-refractivity contribution in [3.8, 4) is 0 Å². The lowest BCUT2D eigenvalue weighted by Gasteiger charge is -2.36. The average molecular weight is 472 g/mol. The van der Waals surface area contributed by atoms with Gasteiger partial charge in [-0.25, -0.2) is 27.2 Å². The highest BCUT2D eigenvalue weighted by Crippen LogP contribution is 2.27. The predicted molar refractivity (Wildman–Crippen MR) is 122 cm³/mol. The van der Waals surface area contributed by atoms with E-state index >= 15 is 0 Å². The number of carbonyl (C=O) groups excluding carboxylic acids is 1. The van der Waals surface area contributed by atoms with Crippen molar-refractivity contribution in [1.82, 2.24) is 18.8 Å². The molecule has 1 saturated heterocycles. The minimum Gasteiger partial charge on any atom is -0.465 e. The van der Waals surface area contributed by atoms with E-state index in [1.54, 1.807) is 19.2 Å². The van der Waals surface area contributed by atoms with Gasteiger partial charge in [-0.05, 0) is 37.5 Å². The largest absolute Gasteiger partial charge is 0.465 e. The van der Waals surface area contributed by atoms with Gasteiger partial charge in [0.2, 0.25) is 5.91 Å². The summed E-state index contributed by atoms with van der Waals surface area (Å²) >= 11 is 0. The monoisotopic (exact) mass is 471 g/mol. The van der Waals surface area contributed by atoms with Crippen molar-refractivity contribution < 1.29 is 23.1 Å². The lowest BCUT2D eigenvalue weighted by molar-refractivity contribution is -0.125. The van der Waals surface area contributed by atoms with Crippen LogP contribution < -0.4 is 4.90 Å². The third-order valence-electron chi connectivity index (χ3n) is 6.14. The Labute approximate surface area is 191 Å². The van der Waals surface area contributed by atoms with Crippen LogP contribution in [0.3, 0.4) is 0 Å². The molecule has 0 bridgehead atoms. The predicted octanol–water partition coefficient (Wildman–Crippen LogP) is 2.58. The maximum Gasteiger partial charge on any atom is 0.407 e. The van der Waals surface area contributed by atoms with Crippen LogP contribution >= 0.6 is 0 Å². The number of aryl methyl sites for hydroxylation is 1. The van der Waals surface area contributed by atoms with Crippen LogP contribution in [0.15, 0.2) is 47.6 Å². The van der Waals surface area contributed by atoms with E-state index in [0.717, 1.165) is 9.54 Å². The summed E-state index contributed by atoms with van der Waals surface area (Å²) in [6.07, 6.45) is 2.30. The first-order valence-corrected chi connectivity index (χ1v) is 12.0. The first-order chi connectivity index (χ1) is 15.6. The molecule has 0 aliphatic carbocycles. The number of anilines is 1. The maximum absolute atomic E-state index is 13.1. The van der Waals surface area contributed by atoms with Crippen LogP contribution in [0.2, 0.25) is 0 Å². The third-order valence-corrected chi connectivity index (χ3v) is 7.82. The minimum atomic E-state index is -3.85. The molecule has 0 saturated carbocycles. The summed E-state index contributed by atoms with van der Waals surface area (Å²) < 4.78 is 27.2. The molecule has 4 rings (SSSR count). The third kappa shape index (κ3) is 4.15. The molecule has 11 heteroatoms. The normalized spacial score (nSPS) is 18.9. The fourth-order valence-corrected chi connectivity index (χ4v) is 5.28. The summed E-state index contributed by atoms with van der Waals surface area (Å²) in [5.74, 6) is -0.469. The van der Waals surface area contributed by atoms with Gasteiger partial charge in [-0.15, -0.1) is 0 Å². The van der Waals surface area contributed by atoms with E-state index in [1.165, 1.54) is 40.4 Å². The van der Waals surface area contributed by atoms with Crippen LogP contribution in [0.25, 0.3) is 11.2 Å². The molecule has 174 valence electrons. The Bertz CT molecular complexity index is 1320. The quantitative estimate of drug-likeness (QED) is 0.620. The Morgan fingerprint density at radius 2 is 1.88 bits per heavy atom. The van der Waals surface area contributed by atoms with Crippen molar-refractivity contribution in [1.29, 1.82) is 0 Å². The summed E-state index contributed by atoms with van der Waals surface area (Å²) in [7, 11) is -2.29. The highest BCUT2D eigenvalue weighted by molar-refractivity contribution is 7.90. The number of nitrogens with zero attached hydrogens (tertiary/aromatic N) is 5. The fourth-order valence-electron chi connectivity index (χ4n) is 3.98. The molecule has 0 radical (unpaired) electrons. The van der Waals surface area contributed by atoms with Crippen LogP contribution in [-0.4, -0.2) is 64.5 Å². The Kier molecular flexibility index (Phi) is 5.83. The van der Waals surface area contributed by atoms with Gasteiger partial charge in [-0.1, -0.05) is 24.6 Å². The minimum absolute atomic E-state index is 0.0213. The van der Waals surface area contributed by atoms with Crippen LogP contribution in [0.5, 0.6) is 0 Å². The number of carbonyl (C=O) groups is 2. The molecule has 2 unspecified atom stereocenters. The van der Waals surface area contributed by atoms with E-state index < -0.39 is 22.0 Å². The molecule has 1 aromatic carbocycles. The molecule has 2 aromatic heterocycles. The summed E-state index contributed by atoms with van der Waals surface area (Å²) in [5.41, 5.74) is 1.43. The number of hydrogen-bond donors (Lipinski definition) is 1. The van der Waals surface area contributed by atoms with Crippen molar-refractivity contribution in [3.63, 3.8) is 0 Å². The molecule has 10 nitrogen and oxygen atoms in total. The Morgan fingerprint density at radius 1 is 1.18 bits per heavy atom. The van der Waals surface area contributed by atoms with Crippen LogP contribution in [-0.2, 0) is 14.8 Å². The van der Waals surface area contributed by atoms with Gasteiger partial charge in [-0.2, -0.15) is 0 Å². The standard InChI is InChI=1S/C22H25N5O5S/c1-14-4-6-16(7-5-14)33(31,32)27-11-9-18-20(27)23-12-19(24-18)25(3)21(28)17-13-26(22(29)30)10-8-15(17)2/h4-7,9,11-12,15,17H,8,10,13H2,1-3H3,(H,29,30). The fraction of sp³-hybridized carbons (Fsp3) is 0.364. The van der Waals surface area contributed by atoms with Crippen molar-refractivity contribution in [2.24, 2.45) is 11.8 Å². The van der Waals surface area contributed by atoms with E-state index in [9.17, 15) is 23.1 Å². The van der Waals surface area contributed by atoms with Gasteiger partial charge in [0.1, 0.15) is 5.52 Å². The molecule has 1 N–H and O–H groups in total. The molecular weight excluding hydrogens is 446 g/mol. The van der Waals surface area contributed by atoms with E-state index in [2.05, 4.69) is 9.97 Å². The first-order valence-electron chi connectivity index (χ1n) is 10.5. The highest BCUT2D eigenvalue weighted by Gasteiger charge is 2.36. The SMILES string of the molecule is Cc1ccc(S(=O)(=O)n2ccc3nc(N(C)C(=O)C4CN(C(=O)O)CCC4C)cnc32)cc1. The number of hydrogen-bond acceptors (Lipinski definition) is 6. The Morgan fingerprint density at radius 3 is 2.55 bits per heavy atom. The smallest absolute Gasteiger partial charge is 0.407 e. The molecule has 2 amide bonds. The van der Waals surface area contributed by atoms with Crippen molar-refractivity contribution in [3.05, 3.63) is 48.3 Å². The summed E-state index contributed by atoms with van der Waals surface area (Å²) in [6.45, 7) is 4.33. The number of aromatic nitrogens is 3. The van der Waals surface area contributed by atoms with E-state index in [0.29, 0.717) is 18.5 Å². The molecule has 0 spiro atoms. The summed E-state index contributed by atoms with van der Waals surface area (Å²) in [4.78, 5) is 35.9. The zero-order valence-corrected chi connectivity index (χ0v) is 19.4. The molecule has 1 aliphatic rings. The van der Waals surface area contributed by atoms with Crippen LogP contribution in [0.1, 0.15) is 18.9 Å². The molecule has 3 heterocycles. The number of amides is 2. The maximum atomic E-state index is 13.1. The number of benzene rings is 1. The van der Waals surface area contributed by atoms with E-state index in [4.69, 9.17) is 0 Å². The average Bonchev–Trinajstić information content (AvgIpc) is 3.22. The van der Waals surface area contributed by atoms with Crippen molar-refractivity contribution in [2.75, 3.05) is 25.0 Å². The number of likely N-dealkylation sites (tertiary alicyclic amines) is 1. The summed E-state index contributed by atoms with van der Waals surface area (Å²) in [6, 6.07) is 8.06. The topological polar surface area (TPSA) is 126 Å². The first kappa shape index (κ1) is 22.7. The van der Waals surface area contributed by atoms with Gasteiger partial charge < -0.3 is 10.0 Å². The van der Waals surface area contributed by atoms with Gasteiger partial charge in [-0.3, -0.25) is 9.69 Å². The van der Waals surface area contributed by atoms with Gasteiger partial charge in [0.05, 0.1) is 17.0 Å². The second-order valence-electron chi connectivity index (χ2n) is 8.36. The number of fused-ring (bicyclic) bond motifs is 1. The van der Waals surface area contributed by atoms with Crippen molar-refractivity contribution >= 4 is 39.0 Å². The molecule has 33 heavy (non-hydrogen) atoms. The molecule has 3 aromatic rings. The Balaban J connectivity index is 1.62. The number of rotatable bonds is 4. The molecular formula is C22H25N5O5S. The van der Waals surface area contributed by atoms with Gasteiger partial charge in [0.15, 0.2) is 11.5 Å². The van der Waals surface area contributed by atoms with Gasteiger partial charge >= 0.3 is 6.09 Å². The molecule has 1 fully saturated rings. The summed E-state index contributed by atoms with van der Waals surface area (Å²) in [5, 5.41) is 9.29. The lowest BCUT2D eigenvalue weighted by Crippen LogP contribution is -2.49. The zero-order chi connectivity index (χ0) is 23.9. The molecule has 2 atom stereocenters. The van der Waals surface area contributed by atoms with Gasteiger partial charge in [0.25, 0.3) is 10.0 Å². The molecule has 1 aliphatic heterocycles.